The van der Waals surface area contributed by atoms with Crippen LogP contribution < -0.4 is 4.87 Å². The number of aromatic nitrogens is 1. The molecule has 88 valence electrons. The lowest BCUT2D eigenvalue weighted by Crippen LogP contribution is -2.06. The molecule has 0 fully saturated rings. The Morgan fingerprint density at radius 2 is 2.18 bits per heavy atom. The molecule has 2 rings (SSSR count). The molecule has 3 nitrogen and oxygen atoms in total. The van der Waals surface area contributed by atoms with Crippen molar-refractivity contribution in [2.45, 2.75) is 5.03 Å². The Labute approximate surface area is 113 Å². The van der Waals surface area contributed by atoms with Crippen LogP contribution in [0.1, 0.15) is 4.88 Å². The van der Waals surface area contributed by atoms with Crippen molar-refractivity contribution in [1.29, 1.82) is 0 Å². The summed E-state index contributed by atoms with van der Waals surface area (Å²) in [6.07, 6.45) is 1.61. The van der Waals surface area contributed by atoms with Crippen LogP contribution in [-0.4, -0.2) is 10.8 Å². The lowest BCUT2D eigenvalue weighted by atomic mass is 10.3. The van der Waals surface area contributed by atoms with Gasteiger partial charge in [0.25, 0.3) is 0 Å². The van der Waals surface area contributed by atoms with Crippen LogP contribution in [0.2, 0.25) is 5.02 Å². The van der Waals surface area contributed by atoms with Crippen LogP contribution in [0.25, 0.3) is 0 Å². The third-order valence-electron chi connectivity index (χ3n) is 2.18. The van der Waals surface area contributed by atoms with Gasteiger partial charge in [0.1, 0.15) is 0 Å². The van der Waals surface area contributed by atoms with Gasteiger partial charge in [-0.15, -0.1) is 12.6 Å². The third-order valence-corrected chi connectivity index (χ3v) is 4.16. The molecule has 2 aromatic rings. The third kappa shape index (κ3) is 2.62. The van der Waals surface area contributed by atoms with Crippen molar-refractivity contribution in [1.82, 2.24) is 4.57 Å². The quantitative estimate of drug-likeness (QED) is 0.667. The van der Waals surface area contributed by atoms with Crippen molar-refractivity contribution in [3.63, 3.8) is 0 Å². The molecule has 0 aliphatic carbocycles. The van der Waals surface area contributed by atoms with E-state index in [1.54, 1.807) is 19.3 Å². The highest BCUT2D eigenvalue weighted by molar-refractivity contribution is 7.80. The number of thiazole rings is 1. The fourth-order valence-electron chi connectivity index (χ4n) is 1.23. The highest BCUT2D eigenvalue weighted by Gasteiger charge is 2.06. The summed E-state index contributed by atoms with van der Waals surface area (Å²) in [7, 11) is 1.67. The smallest absolute Gasteiger partial charge is 0.296 e. The maximum atomic E-state index is 11.4. The standard InChI is InChI=1S/C11H9ClN2OS2/c1-14-10(16)9(17-11(14)15)6-13-8-5-3-2-4-7(8)12/h2-6,16H,1H3. The average Bonchev–Trinajstić information content (AvgIpc) is 2.56. The number of nitrogens with zero attached hydrogens (tertiary/aromatic N) is 2. The maximum absolute atomic E-state index is 11.4. The zero-order valence-electron chi connectivity index (χ0n) is 8.92. The van der Waals surface area contributed by atoms with Crippen LogP contribution in [0.5, 0.6) is 0 Å². The van der Waals surface area contributed by atoms with Crippen molar-refractivity contribution >= 4 is 47.5 Å². The first-order valence-corrected chi connectivity index (χ1v) is 6.41. The van der Waals surface area contributed by atoms with Gasteiger partial charge in [0, 0.05) is 13.3 Å². The number of thiol groups is 1. The number of hydrogen-bond acceptors (Lipinski definition) is 4. The monoisotopic (exact) mass is 284 g/mol. The van der Waals surface area contributed by atoms with Gasteiger partial charge in [-0.25, -0.2) is 0 Å². The predicted octanol–water partition coefficient (Wildman–Crippen LogP) is 3.14. The molecule has 0 amide bonds. The number of rotatable bonds is 2. The van der Waals surface area contributed by atoms with E-state index >= 15 is 0 Å². The Morgan fingerprint density at radius 1 is 1.47 bits per heavy atom. The molecule has 6 heteroatoms. The molecule has 0 unspecified atom stereocenters. The molecule has 0 spiro atoms. The Bertz CT molecular complexity index is 631. The van der Waals surface area contributed by atoms with Crippen LogP contribution in [-0.2, 0) is 7.05 Å². The first-order valence-electron chi connectivity index (χ1n) is 4.77. The number of halogens is 1. The van der Waals surface area contributed by atoms with Crippen LogP contribution in [0.15, 0.2) is 39.1 Å². The molecular weight excluding hydrogens is 276 g/mol. The van der Waals surface area contributed by atoms with Gasteiger partial charge in [0.15, 0.2) is 0 Å². The Hall–Kier alpha value is -1.04. The fourth-order valence-corrected chi connectivity index (χ4v) is 2.52. The first-order chi connectivity index (χ1) is 8.09. The molecule has 0 radical (unpaired) electrons. The number of hydrogen-bond donors (Lipinski definition) is 1. The molecule has 0 aliphatic rings. The van der Waals surface area contributed by atoms with Crippen LogP contribution in [0, 0.1) is 0 Å². The van der Waals surface area contributed by atoms with E-state index in [4.69, 9.17) is 11.6 Å². The zero-order chi connectivity index (χ0) is 12.4. The average molecular weight is 285 g/mol. The van der Waals surface area contributed by atoms with Crippen molar-refractivity contribution in [3.05, 3.63) is 43.8 Å². The van der Waals surface area contributed by atoms with Crippen molar-refractivity contribution in [2.24, 2.45) is 12.0 Å². The van der Waals surface area contributed by atoms with E-state index in [-0.39, 0.29) is 4.87 Å². The molecule has 1 aromatic heterocycles. The number of aliphatic imine (C=N–C) groups is 1. The summed E-state index contributed by atoms with van der Waals surface area (Å²) >= 11 is 11.3. The minimum atomic E-state index is -0.0596. The zero-order valence-corrected chi connectivity index (χ0v) is 11.4. The predicted molar refractivity (Wildman–Crippen MR) is 75.5 cm³/mol. The molecular formula is C11H9ClN2OS2. The normalized spacial score (nSPS) is 11.2. The van der Waals surface area contributed by atoms with Gasteiger partial charge in [-0.2, -0.15) is 0 Å². The summed E-state index contributed by atoms with van der Waals surface area (Å²) in [6, 6.07) is 7.27. The largest absolute Gasteiger partial charge is 0.308 e. The Balaban J connectivity index is 2.36. The van der Waals surface area contributed by atoms with E-state index < -0.39 is 0 Å². The highest BCUT2D eigenvalue weighted by atomic mass is 35.5. The van der Waals surface area contributed by atoms with Gasteiger partial charge in [0.05, 0.1) is 20.6 Å². The minimum Gasteiger partial charge on any atom is -0.296 e. The Kier molecular flexibility index (Phi) is 3.71. The van der Waals surface area contributed by atoms with E-state index in [0.29, 0.717) is 15.7 Å². The van der Waals surface area contributed by atoms with Crippen molar-refractivity contribution < 1.29 is 0 Å². The van der Waals surface area contributed by atoms with Crippen molar-refractivity contribution in [3.8, 4) is 0 Å². The van der Waals surface area contributed by atoms with Gasteiger partial charge in [-0.1, -0.05) is 35.1 Å². The number of para-hydroxylation sites is 1. The summed E-state index contributed by atoms with van der Waals surface area (Å²) in [5, 5.41) is 1.18. The summed E-state index contributed by atoms with van der Waals surface area (Å²) in [5.74, 6) is 0. The van der Waals surface area contributed by atoms with Gasteiger partial charge >= 0.3 is 4.87 Å². The summed E-state index contributed by atoms with van der Waals surface area (Å²) < 4.78 is 1.47. The van der Waals surface area contributed by atoms with E-state index in [9.17, 15) is 4.79 Å². The fraction of sp³-hybridized carbons (Fsp3) is 0.0909. The van der Waals surface area contributed by atoms with E-state index in [1.165, 1.54) is 4.57 Å². The Morgan fingerprint density at radius 3 is 2.76 bits per heavy atom. The molecule has 0 atom stereocenters. The molecule has 0 saturated carbocycles. The summed E-state index contributed by atoms with van der Waals surface area (Å²) in [4.78, 5) is 16.3. The molecule has 17 heavy (non-hydrogen) atoms. The van der Waals surface area contributed by atoms with Crippen LogP contribution in [0.3, 0.4) is 0 Å². The van der Waals surface area contributed by atoms with Gasteiger partial charge in [-0.05, 0) is 12.1 Å². The summed E-state index contributed by atoms with van der Waals surface area (Å²) in [6.45, 7) is 0. The molecule has 0 aliphatic heterocycles. The van der Waals surface area contributed by atoms with E-state index in [0.717, 1.165) is 16.2 Å². The van der Waals surface area contributed by atoms with Gasteiger partial charge in [-0.3, -0.25) is 14.4 Å². The van der Waals surface area contributed by atoms with Gasteiger partial charge < -0.3 is 0 Å². The topological polar surface area (TPSA) is 34.4 Å². The molecule has 1 aromatic carbocycles. The second kappa shape index (κ2) is 5.08. The second-order valence-corrected chi connectivity index (χ2v) is 5.15. The van der Waals surface area contributed by atoms with Crippen LogP contribution >= 0.6 is 35.6 Å². The maximum Gasteiger partial charge on any atom is 0.308 e. The van der Waals surface area contributed by atoms with Crippen molar-refractivity contribution in [2.75, 3.05) is 0 Å². The first kappa shape index (κ1) is 12.4. The van der Waals surface area contributed by atoms with Crippen LogP contribution in [0.4, 0.5) is 5.69 Å². The second-order valence-electron chi connectivity index (χ2n) is 3.32. The van der Waals surface area contributed by atoms with E-state index in [2.05, 4.69) is 17.6 Å². The molecule has 0 bridgehead atoms. The SMILES string of the molecule is Cn1c(S)c(C=Nc2ccccc2Cl)sc1=O. The number of benzene rings is 1. The molecule has 1 heterocycles. The minimum absolute atomic E-state index is 0.0596. The highest BCUT2D eigenvalue weighted by Crippen LogP contribution is 2.24. The van der Waals surface area contributed by atoms with Gasteiger partial charge in [0.2, 0.25) is 0 Å². The summed E-state index contributed by atoms with van der Waals surface area (Å²) in [5.41, 5.74) is 0.672. The lowest BCUT2D eigenvalue weighted by Gasteiger charge is -1.96. The molecule has 0 saturated heterocycles. The molecule has 0 N–H and O–H groups in total. The van der Waals surface area contributed by atoms with E-state index in [1.807, 2.05) is 18.2 Å². The lowest BCUT2D eigenvalue weighted by molar-refractivity contribution is 0.803.